The van der Waals surface area contributed by atoms with Crippen molar-refractivity contribution in [3.63, 3.8) is 0 Å². The van der Waals surface area contributed by atoms with Crippen molar-refractivity contribution < 1.29 is 9.36 Å². The van der Waals surface area contributed by atoms with E-state index in [1.54, 1.807) is 0 Å². The van der Waals surface area contributed by atoms with E-state index >= 15 is 0 Å². The largest absolute Gasteiger partial charge is 0.320 e. The van der Waals surface area contributed by atoms with E-state index in [0.29, 0.717) is 0 Å². The van der Waals surface area contributed by atoms with Gasteiger partial charge in [-0.2, -0.15) is 4.57 Å². The first-order chi connectivity index (χ1) is 10.4. The van der Waals surface area contributed by atoms with Crippen molar-refractivity contribution in [2.75, 3.05) is 13.6 Å². The van der Waals surface area contributed by atoms with E-state index in [2.05, 4.69) is 22.0 Å². The Morgan fingerprint density at radius 3 is 2.10 bits per heavy atom. The lowest BCUT2D eigenvalue weighted by Crippen LogP contribution is -2.37. The molecule has 0 fully saturated rings. The second-order valence-electron chi connectivity index (χ2n) is 5.17. The van der Waals surface area contributed by atoms with Crippen molar-refractivity contribution in [1.82, 2.24) is 5.32 Å². The average molecular weight is 279 g/mol. The zero-order valence-corrected chi connectivity index (χ0v) is 12.2. The van der Waals surface area contributed by atoms with Crippen LogP contribution in [-0.4, -0.2) is 19.9 Å². The molecule has 0 spiro atoms. The van der Waals surface area contributed by atoms with Gasteiger partial charge in [-0.05, 0) is 19.2 Å². The number of pyridine rings is 1. The standard InChI is InChI=1S/C18H19N2O/c1-19-11-6-12-20-17-9-4-2-7-14(17)16(13-21)15-8-3-5-10-18(15)20/h2-5,7-10,13,19H,6,11-12H2,1H3/q+1. The Morgan fingerprint density at radius 2 is 1.57 bits per heavy atom. The Balaban J connectivity index is 2.33. The summed E-state index contributed by atoms with van der Waals surface area (Å²) in [6, 6.07) is 16.3. The molecule has 1 aromatic heterocycles. The number of para-hydroxylation sites is 2. The average Bonchev–Trinajstić information content (AvgIpc) is 2.54. The maximum atomic E-state index is 11.6. The summed E-state index contributed by atoms with van der Waals surface area (Å²) in [7, 11) is 1.97. The predicted molar refractivity (Wildman–Crippen MR) is 85.6 cm³/mol. The zero-order chi connectivity index (χ0) is 14.7. The molecular formula is C18H19N2O+. The number of carbonyl (C=O) groups excluding carboxylic acids is 1. The molecule has 0 saturated heterocycles. The summed E-state index contributed by atoms with van der Waals surface area (Å²) in [5.41, 5.74) is 3.02. The van der Waals surface area contributed by atoms with Crippen molar-refractivity contribution in [2.45, 2.75) is 13.0 Å². The Labute approximate surface area is 124 Å². The fourth-order valence-electron chi connectivity index (χ4n) is 2.93. The van der Waals surface area contributed by atoms with Gasteiger partial charge in [-0.25, -0.2) is 0 Å². The zero-order valence-electron chi connectivity index (χ0n) is 12.2. The van der Waals surface area contributed by atoms with E-state index in [4.69, 9.17) is 0 Å². The van der Waals surface area contributed by atoms with Gasteiger partial charge < -0.3 is 5.32 Å². The number of aldehydes is 1. The highest BCUT2D eigenvalue weighted by molar-refractivity contribution is 6.07. The van der Waals surface area contributed by atoms with Crippen molar-refractivity contribution in [1.29, 1.82) is 0 Å². The molecule has 3 rings (SSSR count). The SMILES string of the molecule is CNCCC[n+]1c2ccccc2c(C=O)c2ccccc21. The lowest BCUT2D eigenvalue weighted by atomic mass is 10.0. The monoisotopic (exact) mass is 279 g/mol. The number of benzene rings is 2. The second-order valence-corrected chi connectivity index (χ2v) is 5.17. The molecule has 0 atom stereocenters. The summed E-state index contributed by atoms with van der Waals surface area (Å²) in [4.78, 5) is 11.6. The topological polar surface area (TPSA) is 33.0 Å². The molecule has 0 aliphatic heterocycles. The number of aryl methyl sites for hydroxylation is 1. The van der Waals surface area contributed by atoms with Crippen LogP contribution in [0.5, 0.6) is 0 Å². The Hall–Kier alpha value is -2.26. The third-order valence-electron chi connectivity index (χ3n) is 3.90. The highest BCUT2D eigenvalue weighted by atomic mass is 16.1. The van der Waals surface area contributed by atoms with E-state index < -0.39 is 0 Å². The summed E-state index contributed by atoms with van der Waals surface area (Å²) < 4.78 is 2.31. The molecule has 21 heavy (non-hydrogen) atoms. The molecule has 0 amide bonds. The second kappa shape index (κ2) is 6.02. The summed E-state index contributed by atoms with van der Waals surface area (Å²) in [6.45, 7) is 1.91. The third kappa shape index (κ3) is 2.41. The fourth-order valence-corrected chi connectivity index (χ4v) is 2.93. The Morgan fingerprint density at radius 1 is 1.00 bits per heavy atom. The number of hydrogen-bond donors (Lipinski definition) is 1. The van der Waals surface area contributed by atoms with Gasteiger partial charge in [0.05, 0.1) is 10.8 Å². The number of nitrogens with one attached hydrogen (secondary N) is 1. The number of nitrogens with zero attached hydrogens (tertiary/aromatic N) is 1. The molecular weight excluding hydrogens is 260 g/mol. The molecule has 0 unspecified atom stereocenters. The minimum atomic E-state index is 0.783. The van der Waals surface area contributed by atoms with Crippen LogP contribution in [0.1, 0.15) is 16.8 Å². The van der Waals surface area contributed by atoms with E-state index in [1.807, 2.05) is 43.4 Å². The number of fused-ring (bicyclic) bond motifs is 2. The van der Waals surface area contributed by atoms with Gasteiger partial charge in [0, 0.05) is 30.7 Å². The minimum Gasteiger partial charge on any atom is -0.320 e. The number of aromatic nitrogens is 1. The number of carbonyl (C=O) groups is 1. The summed E-state index contributed by atoms with van der Waals surface area (Å²) in [6.07, 6.45) is 2.03. The van der Waals surface area contributed by atoms with Crippen LogP contribution in [-0.2, 0) is 6.54 Å². The molecule has 0 saturated carbocycles. The van der Waals surface area contributed by atoms with Gasteiger partial charge in [-0.15, -0.1) is 0 Å². The van der Waals surface area contributed by atoms with Gasteiger partial charge in [-0.1, -0.05) is 24.3 Å². The molecule has 3 nitrogen and oxygen atoms in total. The van der Waals surface area contributed by atoms with Gasteiger partial charge in [-0.3, -0.25) is 4.79 Å². The number of hydrogen-bond acceptors (Lipinski definition) is 2. The molecule has 3 aromatic rings. The molecule has 0 radical (unpaired) electrons. The van der Waals surface area contributed by atoms with Crippen molar-refractivity contribution >= 4 is 28.1 Å². The first-order valence-electron chi connectivity index (χ1n) is 7.30. The van der Waals surface area contributed by atoms with Crippen molar-refractivity contribution in [3.8, 4) is 0 Å². The Kier molecular flexibility index (Phi) is 3.93. The lowest BCUT2D eigenvalue weighted by Gasteiger charge is -2.08. The Bertz CT molecular complexity index is 739. The quantitative estimate of drug-likeness (QED) is 0.337. The van der Waals surface area contributed by atoms with E-state index in [0.717, 1.165) is 53.2 Å². The van der Waals surface area contributed by atoms with Crippen LogP contribution in [0.25, 0.3) is 21.8 Å². The molecule has 1 heterocycles. The molecule has 0 aliphatic rings. The van der Waals surface area contributed by atoms with Crippen LogP contribution in [0.3, 0.4) is 0 Å². The van der Waals surface area contributed by atoms with E-state index in [-0.39, 0.29) is 0 Å². The first kappa shape index (κ1) is 13.7. The maximum Gasteiger partial charge on any atom is 0.213 e. The van der Waals surface area contributed by atoms with Gasteiger partial charge in [0.2, 0.25) is 11.0 Å². The van der Waals surface area contributed by atoms with Crippen LogP contribution in [0.2, 0.25) is 0 Å². The maximum absolute atomic E-state index is 11.6. The summed E-state index contributed by atoms with van der Waals surface area (Å²) in [5.74, 6) is 0. The van der Waals surface area contributed by atoms with Gasteiger partial charge in [0.1, 0.15) is 0 Å². The summed E-state index contributed by atoms with van der Waals surface area (Å²) in [5, 5.41) is 5.23. The predicted octanol–water partition coefficient (Wildman–Crippen LogP) is 2.70. The normalized spacial score (nSPS) is 11.1. The molecule has 106 valence electrons. The fraction of sp³-hybridized carbons (Fsp3) is 0.222. The van der Waals surface area contributed by atoms with Crippen LogP contribution in [0.4, 0.5) is 0 Å². The first-order valence-corrected chi connectivity index (χ1v) is 7.30. The molecule has 3 heteroatoms. The van der Waals surface area contributed by atoms with Crippen molar-refractivity contribution in [2.24, 2.45) is 0 Å². The number of rotatable bonds is 5. The van der Waals surface area contributed by atoms with Crippen LogP contribution in [0.15, 0.2) is 48.5 Å². The van der Waals surface area contributed by atoms with E-state index in [9.17, 15) is 4.79 Å². The molecule has 1 N–H and O–H groups in total. The summed E-state index contributed by atoms with van der Waals surface area (Å²) >= 11 is 0. The van der Waals surface area contributed by atoms with Crippen LogP contribution < -0.4 is 9.88 Å². The molecule has 0 bridgehead atoms. The van der Waals surface area contributed by atoms with Crippen molar-refractivity contribution in [3.05, 3.63) is 54.1 Å². The smallest absolute Gasteiger partial charge is 0.213 e. The van der Waals surface area contributed by atoms with Gasteiger partial charge in [0.25, 0.3) is 0 Å². The van der Waals surface area contributed by atoms with Crippen LogP contribution >= 0.6 is 0 Å². The highest BCUT2D eigenvalue weighted by Gasteiger charge is 2.18. The minimum absolute atomic E-state index is 0.783. The molecule has 0 aliphatic carbocycles. The highest BCUT2D eigenvalue weighted by Crippen LogP contribution is 2.23. The lowest BCUT2D eigenvalue weighted by molar-refractivity contribution is -0.645. The van der Waals surface area contributed by atoms with E-state index in [1.165, 1.54) is 0 Å². The van der Waals surface area contributed by atoms with Gasteiger partial charge >= 0.3 is 0 Å². The third-order valence-corrected chi connectivity index (χ3v) is 3.90. The van der Waals surface area contributed by atoms with Crippen LogP contribution in [0, 0.1) is 0 Å². The molecule has 2 aromatic carbocycles. The van der Waals surface area contributed by atoms with Gasteiger partial charge in [0.15, 0.2) is 12.8 Å².